The topological polar surface area (TPSA) is 0 Å². The molecule has 0 nitrogen and oxygen atoms in total. The van der Waals surface area contributed by atoms with E-state index < -0.39 is 0 Å². The summed E-state index contributed by atoms with van der Waals surface area (Å²) in [6.07, 6.45) is 23.4. The van der Waals surface area contributed by atoms with Gasteiger partial charge in [-0.2, -0.15) is 0 Å². The summed E-state index contributed by atoms with van der Waals surface area (Å²) in [6.45, 7) is 2.30. The zero-order valence-electron chi connectivity index (χ0n) is 18.3. The van der Waals surface area contributed by atoms with Crippen LogP contribution in [-0.4, -0.2) is 15.0 Å². The summed E-state index contributed by atoms with van der Waals surface area (Å²) in [7, 11) is 0. The Hall–Kier alpha value is 1.14. The molecule has 0 amide bonds. The Kier molecular flexibility index (Phi) is 17.0. The van der Waals surface area contributed by atoms with Crippen LogP contribution in [0.3, 0.4) is 0 Å². The van der Waals surface area contributed by atoms with Crippen LogP contribution < -0.4 is 0 Å². The van der Waals surface area contributed by atoms with Crippen LogP contribution >= 0.6 is 47.0 Å². The molecule has 0 atom stereocenters. The van der Waals surface area contributed by atoms with E-state index >= 15 is 0 Å². The van der Waals surface area contributed by atoms with Gasteiger partial charge in [-0.25, -0.2) is 0 Å². The van der Waals surface area contributed by atoms with Gasteiger partial charge < -0.3 is 0 Å². The Labute approximate surface area is 204 Å². The SMILES string of the molecule is CCCCCCCCCCCCCCCCCC[Se]C1=CSC(=C2SC=CS2)S1. The van der Waals surface area contributed by atoms with E-state index in [0.717, 1.165) is 0 Å². The molecule has 0 aromatic heterocycles. The number of rotatable bonds is 18. The minimum atomic E-state index is 0.706. The second-order valence-electron chi connectivity index (χ2n) is 7.89. The van der Waals surface area contributed by atoms with Gasteiger partial charge in [-0.05, 0) is 0 Å². The second-order valence-corrected chi connectivity index (χ2v) is 15.1. The molecule has 0 aliphatic carbocycles. The molecule has 0 saturated carbocycles. The van der Waals surface area contributed by atoms with E-state index in [0.29, 0.717) is 15.0 Å². The fourth-order valence-corrected chi connectivity index (χ4v) is 11.3. The second kappa shape index (κ2) is 18.7. The summed E-state index contributed by atoms with van der Waals surface area (Å²) in [5.74, 6) is 0. The van der Waals surface area contributed by atoms with E-state index in [-0.39, 0.29) is 0 Å². The van der Waals surface area contributed by atoms with Gasteiger partial charge in [-0.15, -0.1) is 0 Å². The van der Waals surface area contributed by atoms with Crippen LogP contribution in [0.2, 0.25) is 5.32 Å². The molecule has 0 aromatic rings. The standard InChI is InChI=1S/C24H40S4Se/c1-2-3-4-5-6-7-8-9-10-11-12-13-14-15-16-17-20-29-22-21-27-24(28-22)23-25-18-19-26-23/h18-19,21H,2-17,20H2,1H3. The van der Waals surface area contributed by atoms with Crippen LogP contribution in [0, 0.1) is 0 Å². The van der Waals surface area contributed by atoms with Crippen molar-refractivity contribution in [3.05, 3.63) is 28.5 Å². The predicted molar refractivity (Wildman–Crippen MR) is 145 cm³/mol. The fourth-order valence-electron chi connectivity index (χ4n) is 3.52. The quantitative estimate of drug-likeness (QED) is 0.126. The summed E-state index contributed by atoms with van der Waals surface area (Å²) in [6, 6.07) is 0. The zero-order valence-corrected chi connectivity index (χ0v) is 23.3. The van der Waals surface area contributed by atoms with Gasteiger partial charge in [-0.3, -0.25) is 0 Å². The third kappa shape index (κ3) is 13.3. The number of hydrogen-bond donors (Lipinski definition) is 0. The fraction of sp³-hybridized carbons (Fsp3) is 0.750. The van der Waals surface area contributed by atoms with Crippen molar-refractivity contribution in [1.29, 1.82) is 0 Å². The normalized spacial score (nSPS) is 16.2. The maximum atomic E-state index is 2.42. The van der Waals surface area contributed by atoms with E-state index in [9.17, 15) is 0 Å². The number of unbranched alkanes of at least 4 members (excludes halogenated alkanes) is 15. The van der Waals surface area contributed by atoms with Crippen molar-refractivity contribution in [3.63, 3.8) is 0 Å². The summed E-state index contributed by atoms with van der Waals surface area (Å²) in [5, 5.41) is 8.26. The Balaban J connectivity index is 1.27. The van der Waals surface area contributed by atoms with Gasteiger partial charge in [0.25, 0.3) is 0 Å². The molecule has 0 fully saturated rings. The van der Waals surface area contributed by atoms with Crippen molar-refractivity contribution in [1.82, 2.24) is 0 Å². The number of hydrogen-bond acceptors (Lipinski definition) is 4. The first-order valence-electron chi connectivity index (χ1n) is 11.8. The Morgan fingerprint density at radius 3 is 1.59 bits per heavy atom. The molecule has 0 spiro atoms. The van der Waals surface area contributed by atoms with Gasteiger partial charge in [0.2, 0.25) is 0 Å². The van der Waals surface area contributed by atoms with Crippen LogP contribution in [0.4, 0.5) is 0 Å². The van der Waals surface area contributed by atoms with Crippen molar-refractivity contribution >= 4 is 62.0 Å². The van der Waals surface area contributed by atoms with E-state index in [1.807, 2.05) is 47.0 Å². The molecule has 166 valence electrons. The molecule has 29 heavy (non-hydrogen) atoms. The Morgan fingerprint density at radius 2 is 1.07 bits per heavy atom. The Bertz CT molecular complexity index is 503. The molecular weight excluding hydrogens is 495 g/mol. The van der Waals surface area contributed by atoms with E-state index in [4.69, 9.17) is 0 Å². The van der Waals surface area contributed by atoms with Gasteiger partial charge >= 0.3 is 166 Å². The molecule has 2 aliphatic heterocycles. The predicted octanol–water partition coefficient (Wildman–Crippen LogP) is 10.7. The molecule has 0 saturated heterocycles. The molecule has 2 rings (SSSR count). The van der Waals surface area contributed by atoms with Gasteiger partial charge in [0.15, 0.2) is 0 Å². The summed E-state index contributed by atoms with van der Waals surface area (Å²) < 4.78 is 4.66. The van der Waals surface area contributed by atoms with Crippen LogP contribution in [0.1, 0.15) is 110 Å². The minimum absolute atomic E-state index is 0.706. The van der Waals surface area contributed by atoms with Crippen LogP contribution in [0.5, 0.6) is 0 Å². The maximum absolute atomic E-state index is 2.42. The molecule has 0 aromatic carbocycles. The monoisotopic (exact) mass is 536 g/mol. The molecule has 0 bridgehead atoms. The molecule has 0 N–H and O–H groups in total. The van der Waals surface area contributed by atoms with Crippen LogP contribution in [-0.2, 0) is 0 Å². The third-order valence-electron chi connectivity index (χ3n) is 5.27. The summed E-state index contributed by atoms with van der Waals surface area (Å²) >= 11 is 8.48. The molecule has 2 heterocycles. The third-order valence-corrected chi connectivity index (χ3v) is 13.4. The molecule has 0 unspecified atom stereocenters. The Morgan fingerprint density at radius 1 is 0.586 bits per heavy atom. The first-order valence-corrected chi connectivity index (χ1v) is 17.3. The zero-order chi connectivity index (χ0) is 20.4. The van der Waals surface area contributed by atoms with Crippen molar-refractivity contribution < 1.29 is 0 Å². The summed E-state index contributed by atoms with van der Waals surface area (Å²) in [4.78, 5) is 0. The first kappa shape index (κ1) is 26.4. The van der Waals surface area contributed by atoms with Crippen molar-refractivity contribution in [2.75, 3.05) is 0 Å². The molecule has 2 aliphatic rings. The molecule has 0 radical (unpaired) electrons. The molecular formula is C24H40S4Se. The van der Waals surface area contributed by atoms with Gasteiger partial charge in [0.1, 0.15) is 0 Å². The van der Waals surface area contributed by atoms with Crippen molar-refractivity contribution in [3.8, 4) is 0 Å². The summed E-state index contributed by atoms with van der Waals surface area (Å²) in [5.41, 5.74) is 0. The van der Waals surface area contributed by atoms with Crippen LogP contribution in [0.25, 0.3) is 0 Å². The first-order chi connectivity index (χ1) is 14.4. The van der Waals surface area contributed by atoms with Gasteiger partial charge in [-0.1, -0.05) is 39.0 Å². The van der Waals surface area contributed by atoms with E-state index in [1.165, 1.54) is 117 Å². The van der Waals surface area contributed by atoms with Gasteiger partial charge in [0.05, 0.1) is 0 Å². The average Bonchev–Trinajstić information content (AvgIpc) is 3.42. The average molecular weight is 536 g/mol. The van der Waals surface area contributed by atoms with Gasteiger partial charge in [0, 0.05) is 0 Å². The van der Waals surface area contributed by atoms with E-state index in [1.54, 1.807) is 3.80 Å². The van der Waals surface area contributed by atoms with Crippen molar-refractivity contribution in [2.24, 2.45) is 0 Å². The van der Waals surface area contributed by atoms with Crippen molar-refractivity contribution in [2.45, 2.75) is 115 Å². The van der Waals surface area contributed by atoms with Crippen LogP contribution in [0.15, 0.2) is 28.5 Å². The number of thioether (sulfide) groups is 4. The van der Waals surface area contributed by atoms with E-state index in [2.05, 4.69) is 23.1 Å². The molecule has 5 heteroatoms.